The molecule has 0 aliphatic heterocycles. The maximum Gasteiger partial charge on any atom is 0.227 e. The van der Waals surface area contributed by atoms with E-state index in [0.717, 1.165) is 10.2 Å². The molecule has 1 amide bonds. The first kappa shape index (κ1) is 14.3. The van der Waals surface area contributed by atoms with Crippen molar-refractivity contribution in [3.05, 3.63) is 28.1 Å². The first-order chi connectivity index (χ1) is 9.51. The van der Waals surface area contributed by atoms with Gasteiger partial charge in [-0.3, -0.25) is 14.2 Å². The van der Waals surface area contributed by atoms with Crippen molar-refractivity contribution in [1.29, 1.82) is 5.26 Å². The minimum atomic E-state index is -0.186. The SMILES string of the molecule is Cc1nn(CCC(=O)Nc2c(C#N)cnn2C)cc1Br. The average Bonchev–Trinajstić information content (AvgIpc) is 2.92. The van der Waals surface area contributed by atoms with E-state index in [-0.39, 0.29) is 12.3 Å². The van der Waals surface area contributed by atoms with Gasteiger partial charge in [0.1, 0.15) is 17.5 Å². The van der Waals surface area contributed by atoms with Gasteiger partial charge in [-0.15, -0.1) is 0 Å². The predicted molar refractivity (Wildman–Crippen MR) is 75.8 cm³/mol. The second-order valence-corrected chi connectivity index (χ2v) is 5.12. The normalized spacial score (nSPS) is 10.3. The Kier molecular flexibility index (Phi) is 4.20. The van der Waals surface area contributed by atoms with E-state index in [4.69, 9.17) is 5.26 Å². The predicted octanol–water partition coefficient (Wildman–Crippen LogP) is 1.59. The number of carbonyl (C=O) groups excluding carboxylic acids is 1. The highest BCUT2D eigenvalue weighted by Gasteiger charge is 2.12. The monoisotopic (exact) mass is 336 g/mol. The molecule has 0 aliphatic carbocycles. The summed E-state index contributed by atoms with van der Waals surface area (Å²) in [6.45, 7) is 2.35. The Morgan fingerprint density at radius 1 is 1.60 bits per heavy atom. The number of rotatable bonds is 4. The standard InChI is InChI=1S/C12H13BrN6O/c1-8-10(13)7-19(17-8)4-3-11(20)16-12-9(5-14)6-15-18(12)2/h6-7H,3-4H2,1-2H3,(H,16,20). The Morgan fingerprint density at radius 2 is 2.35 bits per heavy atom. The Labute approximate surface area is 124 Å². The lowest BCUT2D eigenvalue weighted by molar-refractivity contribution is -0.116. The third-order valence-electron chi connectivity index (χ3n) is 2.77. The van der Waals surface area contributed by atoms with Crippen LogP contribution in [0.15, 0.2) is 16.9 Å². The summed E-state index contributed by atoms with van der Waals surface area (Å²) in [6, 6.07) is 1.98. The smallest absolute Gasteiger partial charge is 0.227 e. The summed E-state index contributed by atoms with van der Waals surface area (Å²) >= 11 is 3.37. The lowest BCUT2D eigenvalue weighted by Gasteiger charge is -2.06. The van der Waals surface area contributed by atoms with Crippen molar-refractivity contribution in [2.75, 3.05) is 5.32 Å². The summed E-state index contributed by atoms with van der Waals surface area (Å²) in [7, 11) is 1.67. The van der Waals surface area contributed by atoms with Gasteiger partial charge in [0.25, 0.3) is 0 Å². The van der Waals surface area contributed by atoms with E-state index in [1.54, 1.807) is 11.7 Å². The van der Waals surface area contributed by atoms with E-state index >= 15 is 0 Å². The Hall–Kier alpha value is -2.14. The zero-order chi connectivity index (χ0) is 14.7. The van der Waals surface area contributed by atoms with Crippen LogP contribution in [0.1, 0.15) is 17.7 Å². The average molecular weight is 337 g/mol. The van der Waals surface area contributed by atoms with E-state index in [0.29, 0.717) is 17.9 Å². The summed E-state index contributed by atoms with van der Waals surface area (Å²) in [4.78, 5) is 11.9. The van der Waals surface area contributed by atoms with Crippen LogP contribution < -0.4 is 5.32 Å². The van der Waals surface area contributed by atoms with Gasteiger partial charge in [-0.25, -0.2) is 0 Å². The van der Waals surface area contributed by atoms with Crippen molar-refractivity contribution in [3.63, 3.8) is 0 Å². The van der Waals surface area contributed by atoms with Crippen LogP contribution >= 0.6 is 15.9 Å². The quantitative estimate of drug-likeness (QED) is 0.918. The number of nitrogens with zero attached hydrogens (tertiary/aromatic N) is 5. The van der Waals surface area contributed by atoms with Crippen molar-refractivity contribution in [2.45, 2.75) is 19.9 Å². The lowest BCUT2D eigenvalue weighted by atomic mass is 10.3. The molecular weight excluding hydrogens is 324 g/mol. The Bertz CT molecular complexity index is 661. The molecule has 0 saturated carbocycles. The molecule has 0 bridgehead atoms. The number of amides is 1. The fourth-order valence-corrected chi connectivity index (χ4v) is 2.00. The molecule has 2 heterocycles. The number of carbonyl (C=O) groups is 1. The molecule has 0 radical (unpaired) electrons. The first-order valence-corrected chi connectivity index (χ1v) is 6.72. The summed E-state index contributed by atoms with van der Waals surface area (Å²) in [5.41, 5.74) is 1.22. The van der Waals surface area contributed by atoms with Gasteiger partial charge in [0.2, 0.25) is 5.91 Å². The maximum absolute atomic E-state index is 11.9. The molecule has 0 aliphatic rings. The number of nitriles is 1. The number of hydrogen-bond acceptors (Lipinski definition) is 4. The van der Waals surface area contributed by atoms with E-state index in [1.807, 2.05) is 19.2 Å². The second-order valence-electron chi connectivity index (χ2n) is 4.27. The molecule has 1 N–H and O–H groups in total. The van der Waals surface area contributed by atoms with E-state index in [1.165, 1.54) is 10.9 Å². The molecule has 0 unspecified atom stereocenters. The molecule has 104 valence electrons. The molecular formula is C12H13BrN6O. The number of nitrogens with one attached hydrogen (secondary N) is 1. The molecule has 20 heavy (non-hydrogen) atoms. The number of aryl methyl sites for hydroxylation is 3. The maximum atomic E-state index is 11.9. The third-order valence-corrected chi connectivity index (χ3v) is 3.55. The van der Waals surface area contributed by atoms with Crippen molar-refractivity contribution >= 4 is 27.7 Å². The molecule has 0 spiro atoms. The van der Waals surface area contributed by atoms with Gasteiger partial charge in [-0.05, 0) is 22.9 Å². The highest BCUT2D eigenvalue weighted by molar-refractivity contribution is 9.10. The van der Waals surface area contributed by atoms with Crippen LogP contribution in [0, 0.1) is 18.3 Å². The minimum absolute atomic E-state index is 0.186. The van der Waals surface area contributed by atoms with Gasteiger partial charge in [-0.2, -0.15) is 15.5 Å². The van der Waals surface area contributed by atoms with E-state index in [2.05, 4.69) is 31.4 Å². The van der Waals surface area contributed by atoms with Gasteiger partial charge in [0.15, 0.2) is 0 Å². The number of hydrogen-bond donors (Lipinski definition) is 1. The van der Waals surface area contributed by atoms with Crippen molar-refractivity contribution in [2.24, 2.45) is 7.05 Å². The van der Waals surface area contributed by atoms with Gasteiger partial charge >= 0.3 is 0 Å². The Balaban J connectivity index is 1.96. The fraction of sp³-hybridized carbons (Fsp3) is 0.333. The van der Waals surface area contributed by atoms with Gasteiger partial charge in [0, 0.05) is 26.2 Å². The van der Waals surface area contributed by atoms with Crippen molar-refractivity contribution in [3.8, 4) is 6.07 Å². The van der Waals surface area contributed by atoms with Crippen LogP contribution in [0.2, 0.25) is 0 Å². The highest BCUT2D eigenvalue weighted by Crippen LogP contribution is 2.14. The molecule has 2 aromatic rings. The van der Waals surface area contributed by atoms with Crippen LogP contribution in [0.4, 0.5) is 5.82 Å². The van der Waals surface area contributed by atoms with Crippen molar-refractivity contribution in [1.82, 2.24) is 19.6 Å². The Morgan fingerprint density at radius 3 is 2.95 bits per heavy atom. The van der Waals surface area contributed by atoms with E-state index in [9.17, 15) is 4.79 Å². The summed E-state index contributed by atoms with van der Waals surface area (Å²) in [6.07, 6.45) is 3.51. The molecule has 0 fully saturated rings. The molecule has 0 aromatic carbocycles. The largest absolute Gasteiger partial charge is 0.310 e. The zero-order valence-corrected chi connectivity index (χ0v) is 12.7. The summed E-state index contributed by atoms with van der Waals surface area (Å²) < 4.78 is 4.08. The van der Waals surface area contributed by atoms with Gasteiger partial charge < -0.3 is 5.32 Å². The first-order valence-electron chi connectivity index (χ1n) is 5.92. The molecule has 2 aromatic heterocycles. The molecule has 7 nitrogen and oxygen atoms in total. The highest BCUT2D eigenvalue weighted by atomic mass is 79.9. The second kappa shape index (κ2) is 5.88. The van der Waals surface area contributed by atoms with Gasteiger partial charge in [-0.1, -0.05) is 0 Å². The van der Waals surface area contributed by atoms with Gasteiger partial charge in [0.05, 0.1) is 16.4 Å². The summed E-state index contributed by atoms with van der Waals surface area (Å²) in [5, 5.41) is 19.8. The minimum Gasteiger partial charge on any atom is -0.310 e. The number of aromatic nitrogens is 4. The van der Waals surface area contributed by atoms with Crippen LogP contribution in [0.25, 0.3) is 0 Å². The molecule has 8 heteroatoms. The zero-order valence-electron chi connectivity index (χ0n) is 11.1. The molecule has 0 atom stereocenters. The third kappa shape index (κ3) is 3.05. The lowest BCUT2D eigenvalue weighted by Crippen LogP contribution is -2.17. The van der Waals surface area contributed by atoms with Crippen LogP contribution in [-0.4, -0.2) is 25.5 Å². The number of halogens is 1. The molecule has 0 saturated heterocycles. The summed E-state index contributed by atoms with van der Waals surface area (Å²) in [5.74, 6) is 0.227. The van der Waals surface area contributed by atoms with Crippen LogP contribution in [0.3, 0.4) is 0 Å². The fourth-order valence-electron chi connectivity index (χ4n) is 1.69. The van der Waals surface area contributed by atoms with E-state index < -0.39 is 0 Å². The van der Waals surface area contributed by atoms with Crippen LogP contribution in [0.5, 0.6) is 0 Å². The number of anilines is 1. The molecule has 2 rings (SSSR count). The van der Waals surface area contributed by atoms with Crippen molar-refractivity contribution < 1.29 is 4.79 Å². The topological polar surface area (TPSA) is 88.5 Å². The van der Waals surface area contributed by atoms with Crippen LogP contribution in [-0.2, 0) is 18.4 Å².